The van der Waals surface area contributed by atoms with Gasteiger partial charge in [0.2, 0.25) is 5.91 Å². The second kappa shape index (κ2) is 10.9. The van der Waals surface area contributed by atoms with Gasteiger partial charge in [0.15, 0.2) is 11.6 Å². The number of hydrogen-bond donors (Lipinski definition) is 2. The van der Waals surface area contributed by atoms with Gasteiger partial charge in [0, 0.05) is 23.6 Å². The molecule has 1 saturated carbocycles. The first-order chi connectivity index (χ1) is 13.4. The van der Waals surface area contributed by atoms with Gasteiger partial charge >= 0.3 is 0 Å². The molecule has 0 aliphatic heterocycles. The van der Waals surface area contributed by atoms with Gasteiger partial charge in [-0.15, -0.1) is 0 Å². The highest BCUT2D eigenvalue weighted by Crippen LogP contribution is 2.37. The van der Waals surface area contributed by atoms with Crippen LogP contribution in [0.1, 0.15) is 89.2 Å². The highest BCUT2D eigenvalue weighted by molar-refractivity contribution is 5.80. The second-order valence-electron chi connectivity index (χ2n) is 8.63. The van der Waals surface area contributed by atoms with Crippen LogP contribution in [-0.4, -0.2) is 11.9 Å². The van der Waals surface area contributed by atoms with Crippen LogP contribution < -0.4 is 11.1 Å². The fraction of sp³-hybridized carbons (Fsp3) is 0.696. The molecule has 3 nitrogen and oxygen atoms in total. The molecular weight excluding hydrogens is 358 g/mol. The van der Waals surface area contributed by atoms with Crippen LogP contribution in [-0.2, 0) is 17.8 Å². The minimum absolute atomic E-state index is 0.104. The van der Waals surface area contributed by atoms with Gasteiger partial charge in [-0.2, -0.15) is 0 Å². The zero-order valence-corrected chi connectivity index (χ0v) is 17.5. The average Bonchev–Trinajstić information content (AvgIpc) is 3.06. The highest BCUT2D eigenvalue weighted by atomic mass is 19.2. The van der Waals surface area contributed by atoms with E-state index in [0.29, 0.717) is 24.0 Å². The molecule has 0 bridgehead atoms. The van der Waals surface area contributed by atoms with E-state index in [1.807, 2.05) is 6.92 Å². The maximum Gasteiger partial charge on any atom is 0.223 e. The van der Waals surface area contributed by atoms with E-state index in [4.69, 9.17) is 5.73 Å². The molecule has 1 aromatic carbocycles. The number of halogens is 2. The van der Waals surface area contributed by atoms with Gasteiger partial charge in [-0.1, -0.05) is 64.5 Å². The van der Waals surface area contributed by atoms with Crippen LogP contribution in [0, 0.1) is 17.0 Å². The second-order valence-corrected chi connectivity index (χ2v) is 8.63. The van der Waals surface area contributed by atoms with Crippen molar-refractivity contribution in [3.05, 3.63) is 34.9 Å². The Kier molecular flexibility index (Phi) is 8.87. The van der Waals surface area contributed by atoms with Crippen molar-refractivity contribution in [2.24, 2.45) is 11.1 Å². The number of benzene rings is 1. The lowest BCUT2D eigenvalue weighted by molar-refractivity contribution is -0.126. The first-order valence-corrected chi connectivity index (χ1v) is 10.9. The summed E-state index contributed by atoms with van der Waals surface area (Å²) in [5.74, 6) is -1.74. The maximum absolute atomic E-state index is 14.4. The van der Waals surface area contributed by atoms with E-state index in [-0.39, 0.29) is 18.5 Å². The van der Waals surface area contributed by atoms with Gasteiger partial charge in [-0.3, -0.25) is 4.79 Å². The monoisotopic (exact) mass is 394 g/mol. The summed E-state index contributed by atoms with van der Waals surface area (Å²) in [7, 11) is 0. The molecule has 5 heteroatoms. The predicted octanol–water partition coefficient (Wildman–Crippen LogP) is 5.39. The highest BCUT2D eigenvalue weighted by Gasteiger charge is 2.39. The van der Waals surface area contributed by atoms with Crippen molar-refractivity contribution in [3.8, 4) is 0 Å². The SMILES string of the molecule is CCCCCCCCCc1ccc(CNC2CCC(C)(C(N)=O)C2)c(F)c1F. The normalized spacial score (nSPS) is 21.9. The van der Waals surface area contributed by atoms with E-state index in [2.05, 4.69) is 12.2 Å². The number of rotatable bonds is 12. The summed E-state index contributed by atoms with van der Waals surface area (Å²) < 4.78 is 28.8. The number of carbonyl (C=O) groups excluding carboxylic acids is 1. The largest absolute Gasteiger partial charge is 0.369 e. The molecule has 1 amide bonds. The molecule has 0 saturated heterocycles. The van der Waals surface area contributed by atoms with Crippen LogP contribution in [0.25, 0.3) is 0 Å². The van der Waals surface area contributed by atoms with E-state index < -0.39 is 17.0 Å². The van der Waals surface area contributed by atoms with E-state index in [1.165, 1.54) is 25.7 Å². The quantitative estimate of drug-likeness (QED) is 0.467. The van der Waals surface area contributed by atoms with Crippen molar-refractivity contribution in [3.63, 3.8) is 0 Å². The summed E-state index contributed by atoms with van der Waals surface area (Å²) in [4.78, 5) is 11.5. The number of unbranched alkanes of at least 4 members (excludes halogenated alkanes) is 6. The molecule has 1 aliphatic carbocycles. The number of primary amides is 1. The van der Waals surface area contributed by atoms with E-state index >= 15 is 0 Å². The standard InChI is InChI=1S/C23H36F2N2O/c1-3-4-5-6-7-8-9-10-17-11-12-18(21(25)20(17)24)16-27-19-13-14-23(2,15-19)22(26)28/h11-12,19,27H,3-10,13-16H2,1-2H3,(H2,26,28). The van der Waals surface area contributed by atoms with E-state index in [0.717, 1.165) is 32.1 Å². The Labute approximate surface area is 168 Å². The van der Waals surface area contributed by atoms with Gasteiger partial charge in [-0.05, 0) is 37.7 Å². The molecule has 3 N–H and O–H groups in total. The Hall–Kier alpha value is -1.49. The van der Waals surface area contributed by atoms with Crippen molar-refractivity contribution in [1.82, 2.24) is 5.32 Å². The zero-order valence-electron chi connectivity index (χ0n) is 17.5. The average molecular weight is 395 g/mol. The zero-order chi connectivity index (χ0) is 20.6. The third kappa shape index (κ3) is 6.26. The van der Waals surface area contributed by atoms with Gasteiger partial charge in [0.1, 0.15) is 0 Å². The number of hydrogen-bond acceptors (Lipinski definition) is 2. The first kappa shape index (κ1) is 22.8. The fourth-order valence-electron chi connectivity index (χ4n) is 4.12. The van der Waals surface area contributed by atoms with Crippen molar-refractivity contribution in [2.45, 2.75) is 97.1 Å². The Bertz CT molecular complexity index is 650. The molecule has 0 heterocycles. The fourth-order valence-corrected chi connectivity index (χ4v) is 4.12. The molecule has 1 aromatic rings. The Balaban J connectivity index is 1.79. The summed E-state index contributed by atoms with van der Waals surface area (Å²) in [6.07, 6.45) is 10.9. The lowest BCUT2D eigenvalue weighted by Crippen LogP contribution is -2.34. The number of aryl methyl sites for hydroxylation is 1. The van der Waals surface area contributed by atoms with Gasteiger partial charge < -0.3 is 11.1 Å². The van der Waals surface area contributed by atoms with Crippen molar-refractivity contribution < 1.29 is 13.6 Å². The molecule has 28 heavy (non-hydrogen) atoms. The third-order valence-corrected chi connectivity index (χ3v) is 6.21. The molecule has 2 unspecified atom stereocenters. The lowest BCUT2D eigenvalue weighted by atomic mass is 9.88. The smallest absolute Gasteiger partial charge is 0.223 e. The minimum Gasteiger partial charge on any atom is -0.369 e. The van der Waals surface area contributed by atoms with Crippen LogP contribution in [0.2, 0.25) is 0 Å². The van der Waals surface area contributed by atoms with Crippen molar-refractivity contribution in [2.75, 3.05) is 0 Å². The summed E-state index contributed by atoms with van der Waals surface area (Å²) in [5.41, 5.74) is 5.78. The Morgan fingerprint density at radius 2 is 1.71 bits per heavy atom. The number of nitrogens with two attached hydrogens (primary N) is 1. The molecule has 0 aromatic heterocycles. The molecule has 1 fully saturated rings. The molecule has 2 rings (SSSR count). The lowest BCUT2D eigenvalue weighted by Gasteiger charge is -2.20. The Morgan fingerprint density at radius 1 is 1.11 bits per heavy atom. The van der Waals surface area contributed by atoms with Gasteiger partial charge in [0.05, 0.1) is 0 Å². The van der Waals surface area contributed by atoms with Crippen molar-refractivity contribution >= 4 is 5.91 Å². The number of nitrogens with one attached hydrogen (secondary N) is 1. The topological polar surface area (TPSA) is 55.1 Å². The summed E-state index contributed by atoms with van der Waals surface area (Å²) in [6.45, 7) is 4.33. The molecule has 0 radical (unpaired) electrons. The van der Waals surface area contributed by atoms with Gasteiger partial charge in [-0.25, -0.2) is 8.78 Å². The predicted molar refractivity (Wildman–Crippen MR) is 110 cm³/mol. The number of amides is 1. The molecular formula is C23H36F2N2O. The van der Waals surface area contributed by atoms with Crippen molar-refractivity contribution in [1.29, 1.82) is 0 Å². The Morgan fingerprint density at radius 3 is 2.36 bits per heavy atom. The molecule has 2 atom stereocenters. The van der Waals surface area contributed by atoms with Gasteiger partial charge in [0.25, 0.3) is 0 Å². The minimum atomic E-state index is -0.747. The van der Waals surface area contributed by atoms with Crippen LogP contribution in [0.4, 0.5) is 8.78 Å². The number of carbonyl (C=O) groups is 1. The van der Waals surface area contributed by atoms with Crippen LogP contribution >= 0.6 is 0 Å². The molecule has 0 spiro atoms. The molecule has 158 valence electrons. The summed E-state index contributed by atoms with van der Waals surface area (Å²) in [6, 6.07) is 3.51. The summed E-state index contributed by atoms with van der Waals surface area (Å²) >= 11 is 0. The van der Waals surface area contributed by atoms with Crippen LogP contribution in [0.5, 0.6) is 0 Å². The van der Waals surface area contributed by atoms with Crippen LogP contribution in [0.15, 0.2) is 12.1 Å². The first-order valence-electron chi connectivity index (χ1n) is 10.9. The van der Waals surface area contributed by atoms with E-state index in [1.54, 1.807) is 12.1 Å². The third-order valence-electron chi connectivity index (χ3n) is 6.21. The maximum atomic E-state index is 14.4. The summed E-state index contributed by atoms with van der Waals surface area (Å²) in [5, 5.41) is 3.26. The van der Waals surface area contributed by atoms with Crippen LogP contribution in [0.3, 0.4) is 0 Å². The molecule has 1 aliphatic rings. The van der Waals surface area contributed by atoms with E-state index in [9.17, 15) is 13.6 Å².